The average molecular weight is 181 g/mol. The van der Waals surface area contributed by atoms with E-state index < -0.39 is 0 Å². The number of nitriles is 1. The summed E-state index contributed by atoms with van der Waals surface area (Å²) >= 11 is 0. The first-order valence-electron chi connectivity index (χ1n) is 5.43. The van der Waals surface area contributed by atoms with Gasteiger partial charge in [-0.05, 0) is 37.0 Å². The van der Waals surface area contributed by atoms with E-state index in [-0.39, 0.29) is 0 Å². The zero-order valence-electron chi connectivity index (χ0n) is 9.51. The Bertz CT molecular complexity index is 143. The molecule has 0 N–H and O–H groups in total. The smallest absolute Gasteiger partial charge is 0.0621 e. The molecular formula is C12H23N. The molecule has 0 radical (unpaired) electrons. The van der Waals surface area contributed by atoms with Crippen LogP contribution in [0.4, 0.5) is 0 Å². The van der Waals surface area contributed by atoms with Crippen molar-refractivity contribution in [2.24, 2.45) is 17.8 Å². The summed E-state index contributed by atoms with van der Waals surface area (Å²) in [6, 6.07) is 2.24. The summed E-state index contributed by atoms with van der Waals surface area (Å²) < 4.78 is 0. The molecule has 0 bridgehead atoms. The van der Waals surface area contributed by atoms with Gasteiger partial charge in [0.25, 0.3) is 0 Å². The number of nitrogens with zero attached hydrogens (tertiary/aromatic N) is 1. The molecule has 0 aliphatic rings. The molecule has 0 saturated heterocycles. The Hall–Kier alpha value is -0.510. The van der Waals surface area contributed by atoms with Gasteiger partial charge in [-0.3, -0.25) is 0 Å². The monoisotopic (exact) mass is 181 g/mol. The maximum atomic E-state index is 8.53. The highest BCUT2D eigenvalue weighted by Crippen LogP contribution is 2.24. The van der Waals surface area contributed by atoms with Crippen molar-refractivity contribution in [2.75, 3.05) is 0 Å². The van der Waals surface area contributed by atoms with E-state index in [2.05, 4.69) is 33.8 Å². The van der Waals surface area contributed by atoms with Crippen LogP contribution in [0.1, 0.15) is 53.4 Å². The van der Waals surface area contributed by atoms with Gasteiger partial charge in [-0.2, -0.15) is 5.26 Å². The van der Waals surface area contributed by atoms with Crippen molar-refractivity contribution in [3.05, 3.63) is 0 Å². The maximum Gasteiger partial charge on any atom is 0.0621 e. The molecule has 0 aromatic rings. The Morgan fingerprint density at radius 3 is 1.77 bits per heavy atom. The third-order valence-corrected chi connectivity index (χ3v) is 2.27. The van der Waals surface area contributed by atoms with E-state index in [0.29, 0.717) is 0 Å². The molecule has 0 fully saturated rings. The van der Waals surface area contributed by atoms with Crippen molar-refractivity contribution < 1.29 is 0 Å². The molecule has 0 aromatic heterocycles. The predicted molar refractivity (Wildman–Crippen MR) is 57.2 cm³/mol. The lowest BCUT2D eigenvalue weighted by molar-refractivity contribution is 0.328. The topological polar surface area (TPSA) is 23.8 Å². The minimum atomic E-state index is 0.726. The summed E-state index contributed by atoms with van der Waals surface area (Å²) in [5.74, 6) is 2.30. The van der Waals surface area contributed by atoms with Crippen molar-refractivity contribution >= 4 is 0 Å². The van der Waals surface area contributed by atoms with Gasteiger partial charge in [0.2, 0.25) is 0 Å². The molecule has 0 spiro atoms. The van der Waals surface area contributed by atoms with E-state index in [1.165, 1.54) is 12.8 Å². The highest BCUT2D eigenvalue weighted by atomic mass is 14.2. The average Bonchev–Trinajstić information content (AvgIpc) is 1.98. The van der Waals surface area contributed by atoms with Crippen molar-refractivity contribution in [3.63, 3.8) is 0 Å². The van der Waals surface area contributed by atoms with E-state index in [1.54, 1.807) is 0 Å². The SMILES string of the molecule is CC(C)CC(CCC#N)CC(C)C. The summed E-state index contributed by atoms with van der Waals surface area (Å²) in [4.78, 5) is 0. The van der Waals surface area contributed by atoms with E-state index in [4.69, 9.17) is 5.26 Å². The normalized spacial score (nSPS) is 11.2. The summed E-state index contributed by atoms with van der Waals surface area (Å²) in [6.45, 7) is 9.05. The van der Waals surface area contributed by atoms with Gasteiger partial charge in [0.05, 0.1) is 6.07 Å². The summed E-state index contributed by atoms with van der Waals surface area (Å²) in [5, 5.41) is 8.53. The quantitative estimate of drug-likeness (QED) is 0.607. The fraction of sp³-hybridized carbons (Fsp3) is 0.917. The standard InChI is InChI=1S/C12H23N/c1-10(2)8-12(6-5-7-13)9-11(3)4/h10-12H,5-6,8-9H2,1-4H3. The first-order chi connectivity index (χ1) is 6.06. The van der Waals surface area contributed by atoms with Gasteiger partial charge in [-0.1, -0.05) is 27.7 Å². The van der Waals surface area contributed by atoms with Gasteiger partial charge in [0, 0.05) is 6.42 Å². The minimum absolute atomic E-state index is 0.726. The lowest BCUT2D eigenvalue weighted by atomic mass is 9.86. The number of hydrogen-bond donors (Lipinski definition) is 0. The van der Waals surface area contributed by atoms with Crippen LogP contribution in [-0.2, 0) is 0 Å². The molecule has 0 saturated carbocycles. The zero-order valence-corrected chi connectivity index (χ0v) is 9.51. The second-order valence-electron chi connectivity index (χ2n) is 4.82. The van der Waals surface area contributed by atoms with Crippen LogP contribution in [0.25, 0.3) is 0 Å². The number of hydrogen-bond acceptors (Lipinski definition) is 1. The molecule has 1 nitrogen and oxygen atoms in total. The van der Waals surface area contributed by atoms with Crippen molar-refractivity contribution in [2.45, 2.75) is 53.4 Å². The molecule has 76 valence electrons. The molecule has 0 aliphatic carbocycles. The Morgan fingerprint density at radius 1 is 1.00 bits per heavy atom. The molecule has 0 atom stereocenters. The maximum absolute atomic E-state index is 8.53. The van der Waals surface area contributed by atoms with Crippen LogP contribution in [0.2, 0.25) is 0 Å². The molecule has 0 rings (SSSR count). The molecule has 1 heteroatoms. The third kappa shape index (κ3) is 7.84. The fourth-order valence-corrected chi connectivity index (χ4v) is 1.93. The molecule has 13 heavy (non-hydrogen) atoms. The van der Waals surface area contributed by atoms with Crippen LogP contribution < -0.4 is 0 Å². The van der Waals surface area contributed by atoms with Gasteiger partial charge < -0.3 is 0 Å². The second-order valence-corrected chi connectivity index (χ2v) is 4.82. The van der Waals surface area contributed by atoms with Gasteiger partial charge in [0.15, 0.2) is 0 Å². The lowest BCUT2D eigenvalue weighted by Crippen LogP contribution is -2.07. The van der Waals surface area contributed by atoms with Crippen molar-refractivity contribution in [1.82, 2.24) is 0 Å². The first-order valence-corrected chi connectivity index (χ1v) is 5.43. The first kappa shape index (κ1) is 12.5. The Morgan fingerprint density at radius 2 is 1.46 bits per heavy atom. The van der Waals surface area contributed by atoms with Gasteiger partial charge in [0.1, 0.15) is 0 Å². The van der Waals surface area contributed by atoms with E-state index in [9.17, 15) is 0 Å². The highest BCUT2D eigenvalue weighted by Gasteiger charge is 2.12. The third-order valence-electron chi connectivity index (χ3n) is 2.27. The molecule has 0 aliphatic heterocycles. The van der Waals surface area contributed by atoms with Crippen molar-refractivity contribution in [1.29, 1.82) is 5.26 Å². The largest absolute Gasteiger partial charge is 0.198 e. The fourth-order valence-electron chi connectivity index (χ4n) is 1.93. The van der Waals surface area contributed by atoms with Crippen LogP contribution in [0.3, 0.4) is 0 Å². The molecule has 0 unspecified atom stereocenters. The Labute approximate surface area is 83.1 Å². The van der Waals surface area contributed by atoms with Crippen LogP contribution in [0.15, 0.2) is 0 Å². The van der Waals surface area contributed by atoms with Crippen LogP contribution in [0.5, 0.6) is 0 Å². The van der Waals surface area contributed by atoms with Gasteiger partial charge >= 0.3 is 0 Å². The minimum Gasteiger partial charge on any atom is -0.198 e. The Balaban J connectivity index is 3.81. The predicted octanol–water partition coefficient (Wildman–Crippen LogP) is 4.00. The highest BCUT2D eigenvalue weighted by molar-refractivity contribution is 4.73. The van der Waals surface area contributed by atoms with E-state index in [0.717, 1.165) is 30.6 Å². The summed E-state index contributed by atoms with van der Waals surface area (Å²) in [5.41, 5.74) is 0. The van der Waals surface area contributed by atoms with E-state index in [1.807, 2.05) is 0 Å². The van der Waals surface area contributed by atoms with Crippen LogP contribution in [-0.4, -0.2) is 0 Å². The van der Waals surface area contributed by atoms with Crippen LogP contribution >= 0.6 is 0 Å². The van der Waals surface area contributed by atoms with Crippen LogP contribution in [0, 0.1) is 29.1 Å². The van der Waals surface area contributed by atoms with Gasteiger partial charge in [-0.25, -0.2) is 0 Å². The number of rotatable bonds is 6. The van der Waals surface area contributed by atoms with Gasteiger partial charge in [-0.15, -0.1) is 0 Å². The summed E-state index contributed by atoms with van der Waals surface area (Å²) in [6.07, 6.45) is 4.37. The summed E-state index contributed by atoms with van der Waals surface area (Å²) in [7, 11) is 0. The zero-order chi connectivity index (χ0) is 10.3. The Kier molecular flexibility index (Phi) is 6.68. The van der Waals surface area contributed by atoms with Crippen molar-refractivity contribution in [3.8, 4) is 6.07 Å². The molecule has 0 aromatic carbocycles. The van der Waals surface area contributed by atoms with E-state index >= 15 is 0 Å². The molecule has 0 heterocycles. The second kappa shape index (κ2) is 6.95. The molecular weight excluding hydrogens is 158 g/mol. The lowest BCUT2D eigenvalue weighted by Gasteiger charge is -2.19. The molecule has 0 amide bonds.